The summed E-state index contributed by atoms with van der Waals surface area (Å²) in [5, 5.41) is 5.97. The standard InChI is InChI=1S/C17H18FN5O2/c1-9-15(23-17(25-9)10-7-19-8-10)16(24)20-5-4-14-21-12-3-2-11(18)6-13(12)22-14/h2-3,6,10,19H,4-5,7-8H2,1H3,(H,20,24)(H,21,22). The number of benzene rings is 1. The van der Waals surface area contributed by atoms with Crippen LogP contribution < -0.4 is 10.6 Å². The summed E-state index contributed by atoms with van der Waals surface area (Å²) < 4.78 is 18.8. The van der Waals surface area contributed by atoms with Gasteiger partial charge in [-0.2, -0.15) is 0 Å². The Bertz CT molecular complexity index is 928. The first kappa shape index (κ1) is 15.8. The van der Waals surface area contributed by atoms with Gasteiger partial charge in [-0.25, -0.2) is 14.4 Å². The lowest BCUT2D eigenvalue weighted by atomic mass is 10.0. The number of nitrogens with zero attached hydrogens (tertiary/aromatic N) is 2. The van der Waals surface area contributed by atoms with Gasteiger partial charge in [-0.1, -0.05) is 0 Å². The van der Waals surface area contributed by atoms with Gasteiger partial charge in [0.2, 0.25) is 5.89 Å². The highest BCUT2D eigenvalue weighted by atomic mass is 19.1. The second-order valence-corrected chi connectivity index (χ2v) is 6.16. The first-order valence-corrected chi connectivity index (χ1v) is 8.20. The number of rotatable bonds is 5. The number of halogens is 1. The van der Waals surface area contributed by atoms with Crippen molar-refractivity contribution in [3.63, 3.8) is 0 Å². The number of amides is 1. The van der Waals surface area contributed by atoms with E-state index in [2.05, 4.69) is 25.6 Å². The fourth-order valence-corrected chi connectivity index (χ4v) is 2.80. The third kappa shape index (κ3) is 3.12. The predicted molar refractivity (Wildman–Crippen MR) is 88.9 cm³/mol. The zero-order chi connectivity index (χ0) is 17.4. The van der Waals surface area contributed by atoms with Crippen molar-refractivity contribution < 1.29 is 13.6 Å². The van der Waals surface area contributed by atoms with Crippen LogP contribution in [0.3, 0.4) is 0 Å². The van der Waals surface area contributed by atoms with Gasteiger partial charge in [0.25, 0.3) is 5.91 Å². The van der Waals surface area contributed by atoms with E-state index in [-0.39, 0.29) is 17.6 Å². The number of imidazole rings is 1. The molecule has 0 unspecified atom stereocenters. The molecule has 1 aliphatic heterocycles. The molecule has 1 fully saturated rings. The molecule has 25 heavy (non-hydrogen) atoms. The van der Waals surface area contributed by atoms with Crippen LogP contribution in [0.4, 0.5) is 4.39 Å². The summed E-state index contributed by atoms with van der Waals surface area (Å²) in [7, 11) is 0. The summed E-state index contributed by atoms with van der Waals surface area (Å²) in [5.41, 5.74) is 1.68. The number of oxazole rings is 1. The van der Waals surface area contributed by atoms with Gasteiger partial charge < -0.3 is 20.0 Å². The van der Waals surface area contributed by atoms with E-state index in [4.69, 9.17) is 4.42 Å². The summed E-state index contributed by atoms with van der Waals surface area (Å²) in [6.45, 7) is 3.79. The average molecular weight is 343 g/mol. The second kappa shape index (κ2) is 6.29. The number of hydrogen-bond donors (Lipinski definition) is 3. The highest BCUT2D eigenvalue weighted by molar-refractivity contribution is 5.93. The molecule has 3 aromatic rings. The van der Waals surface area contributed by atoms with E-state index in [1.165, 1.54) is 12.1 Å². The summed E-state index contributed by atoms with van der Waals surface area (Å²) in [6, 6.07) is 4.40. The molecule has 130 valence electrons. The summed E-state index contributed by atoms with van der Waals surface area (Å²) >= 11 is 0. The summed E-state index contributed by atoms with van der Waals surface area (Å²) in [6.07, 6.45) is 0.512. The zero-order valence-electron chi connectivity index (χ0n) is 13.7. The van der Waals surface area contributed by atoms with Crippen molar-refractivity contribution in [2.45, 2.75) is 19.3 Å². The SMILES string of the molecule is Cc1oc(C2CNC2)nc1C(=O)NCCc1nc2ccc(F)cc2[nH]1. The molecule has 1 aromatic carbocycles. The van der Waals surface area contributed by atoms with Crippen molar-refractivity contribution in [3.05, 3.63) is 47.2 Å². The molecule has 0 radical (unpaired) electrons. The summed E-state index contributed by atoms with van der Waals surface area (Å²) in [5.74, 6) is 1.51. The van der Waals surface area contributed by atoms with E-state index in [1.807, 2.05) is 0 Å². The first-order chi connectivity index (χ1) is 12.1. The first-order valence-electron chi connectivity index (χ1n) is 8.20. The van der Waals surface area contributed by atoms with Crippen molar-refractivity contribution >= 4 is 16.9 Å². The van der Waals surface area contributed by atoms with Gasteiger partial charge in [0, 0.05) is 26.1 Å². The Hall–Kier alpha value is -2.74. The largest absolute Gasteiger partial charge is 0.445 e. The van der Waals surface area contributed by atoms with E-state index in [9.17, 15) is 9.18 Å². The molecule has 1 amide bonds. The van der Waals surface area contributed by atoms with Gasteiger partial charge in [0.15, 0.2) is 5.69 Å². The fraction of sp³-hybridized carbons (Fsp3) is 0.353. The number of H-pyrrole nitrogens is 1. The number of fused-ring (bicyclic) bond motifs is 1. The molecular weight excluding hydrogens is 325 g/mol. The monoisotopic (exact) mass is 343 g/mol. The van der Waals surface area contributed by atoms with Gasteiger partial charge >= 0.3 is 0 Å². The number of hydrogen-bond acceptors (Lipinski definition) is 5. The number of carbonyl (C=O) groups is 1. The van der Waals surface area contributed by atoms with Crippen LogP contribution in [0.15, 0.2) is 22.6 Å². The number of carbonyl (C=O) groups excluding carboxylic acids is 1. The van der Waals surface area contributed by atoms with Crippen LogP contribution in [0.2, 0.25) is 0 Å². The smallest absolute Gasteiger partial charge is 0.273 e. The van der Waals surface area contributed by atoms with E-state index in [0.717, 1.165) is 13.1 Å². The fourth-order valence-electron chi connectivity index (χ4n) is 2.80. The quantitative estimate of drug-likeness (QED) is 0.655. The average Bonchev–Trinajstić information content (AvgIpc) is 3.08. The lowest BCUT2D eigenvalue weighted by Crippen LogP contribution is -2.40. The Morgan fingerprint density at radius 1 is 1.40 bits per heavy atom. The Morgan fingerprint density at radius 2 is 2.24 bits per heavy atom. The van der Waals surface area contributed by atoms with Crippen molar-refractivity contribution in [2.24, 2.45) is 0 Å². The van der Waals surface area contributed by atoms with Gasteiger partial charge in [-0.3, -0.25) is 4.79 Å². The molecule has 8 heteroatoms. The van der Waals surface area contributed by atoms with Crippen molar-refractivity contribution in [1.29, 1.82) is 0 Å². The molecule has 1 aliphatic rings. The maximum absolute atomic E-state index is 13.2. The normalized spacial score (nSPS) is 14.6. The molecule has 0 aliphatic carbocycles. The van der Waals surface area contributed by atoms with Crippen molar-refractivity contribution in [3.8, 4) is 0 Å². The second-order valence-electron chi connectivity index (χ2n) is 6.16. The van der Waals surface area contributed by atoms with Crippen LogP contribution in [0.1, 0.15) is 33.9 Å². The molecule has 3 N–H and O–H groups in total. The Morgan fingerprint density at radius 3 is 3.00 bits per heavy atom. The number of aromatic amines is 1. The molecule has 2 aromatic heterocycles. The number of aryl methyl sites for hydroxylation is 1. The van der Waals surface area contributed by atoms with Crippen LogP contribution in [-0.4, -0.2) is 40.5 Å². The van der Waals surface area contributed by atoms with E-state index < -0.39 is 0 Å². The Balaban J connectivity index is 1.37. The third-order valence-corrected chi connectivity index (χ3v) is 4.30. The van der Waals surface area contributed by atoms with Gasteiger partial charge in [0.1, 0.15) is 17.4 Å². The lowest BCUT2D eigenvalue weighted by Gasteiger charge is -2.23. The van der Waals surface area contributed by atoms with Crippen molar-refractivity contribution in [2.75, 3.05) is 19.6 Å². The topological polar surface area (TPSA) is 95.8 Å². The van der Waals surface area contributed by atoms with E-state index in [0.29, 0.717) is 47.2 Å². The highest BCUT2D eigenvalue weighted by Gasteiger charge is 2.27. The third-order valence-electron chi connectivity index (χ3n) is 4.30. The minimum Gasteiger partial charge on any atom is -0.445 e. The molecule has 7 nitrogen and oxygen atoms in total. The predicted octanol–water partition coefficient (Wildman–Crippen LogP) is 1.66. The zero-order valence-corrected chi connectivity index (χ0v) is 13.7. The number of aromatic nitrogens is 3. The number of nitrogens with one attached hydrogen (secondary N) is 3. The van der Waals surface area contributed by atoms with Crippen molar-refractivity contribution in [1.82, 2.24) is 25.6 Å². The van der Waals surface area contributed by atoms with Gasteiger partial charge in [-0.15, -0.1) is 0 Å². The van der Waals surface area contributed by atoms with Gasteiger partial charge in [0.05, 0.1) is 17.0 Å². The molecule has 3 heterocycles. The highest BCUT2D eigenvalue weighted by Crippen LogP contribution is 2.21. The molecule has 0 saturated carbocycles. The van der Waals surface area contributed by atoms with Crippen LogP contribution in [-0.2, 0) is 6.42 Å². The van der Waals surface area contributed by atoms with Crippen LogP contribution in [0.25, 0.3) is 11.0 Å². The molecule has 0 spiro atoms. The maximum Gasteiger partial charge on any atom is 0.273 e. The van der Waals surface area contributed by atoms with E-state index in [1.54, 1.807) is 13.0 Å². The Labute approximate surface area is 143 Å². The lowest BCUT2D eigenvalue weighted by molar-refractivity contribution is 0.0948. The van der Waals surface area contributed by atoms with E-state index >= 15 is 0 Å². The molecule has 0 bridgehead atoms. The molecule has 4 rings (SSSR count). The molecule has 1 saturated heterocycles. The molecule has 0 atom stereocenters. The van der Waals surface area contributed by atoms with Crippen LogP contribution >= 0.6 is 0 Å². The minimum atomic E-state index is -0.310. The summed E-state index contributed by atoms with van der Waals surface area (Å²) in [4.78, 5) is 24.0. The minimum absolute atomic E-state index is 0.246. The van der Waals surface area contributed by atoms with Crippen LogP contribution in [0.5, 0.6) is 0 Å². The van der Waals surface area contributed by atoms with Gasteiger partial charge in [-0.05, 0) is 25.1 Å². The Kier molecular flexibility index (Phi) is 3.96. The maximum atomic E-state index is 13.2. The molecular formula is C17H18FN5O2. The van der Waals surface area contributed by atoms with Crippen LogP contribution in [0, 0.1) is 12.7 Å².